The van der Waals surface area contributed by atoms with Crippen LogP contribution in [0.2, 0.25) is 0 Å². The molecule has 1 unspecified atom stereocenters. The smallest absolute Gasteiger partial charge is 0.152 e. The molecule has 2 N–H and O–H groups in total. The highest BCUT2D eigenvalue weighted by molar-refractivity contribution is 4.86. The zero-order valence-corrected chi connectivity index (χ0v) is 5.61. The summed E-state index contributed by atoms with van der Waals surface area (Å²) in [6, 6.07) is 0. The van der Waals surface area contributed by atoms with Gasteiger partial charge in [-0.1, -0.05) is 0 Å². The van der Waals surface area contributed by atoms with Crippen LogP contribution in [0.1, 0.15) is 12.6 Å². The highest BCUT2D eigenvalue weighted by Gasteiger charge is 1.97. The summed E-state index contributed by atoms with van der Waals surface area (Å²) < 4.78 is 4.82. The molecule has 1 aromatic heterocycles. The first-order chi connectivity index (χ1) is 4.79. The molecule has 1 aromatic rings. The van der Waals surface area contributed by atoms with E-state index in [0.29, 0.717) is 5.69 Å². The van der Waals surface area contributed by atoms with Gasteiger partial charge < -0.3 is 9.84 Å². The molecule has 0 saturated heterocycles. The third-order valence-electron chi connectivity index (χ3n) is 0.937. The first kappa shape index (κ1) is 7.17. The number of H-pyrrole nitrogens is 1. The van der Waals surface area contributed by atoms with Gasteiger partial charge in [-0.3, -0.25) is 0 Å². The van der Waals surface area contributed by atoms with Crippen LogP contribution in [0.5, 0.6) is 0 Å². The fourth-order valence-electron chi connectivity index (χ4n) is 0.501. The second kappa shape index (κ2) is 3.28. The Labute approximate surface area is 58.0 Å². The molecule has 5 nitrogen and oxygen atoms in total. The summed E-state index contributed by atoms with van der Waals surface area (Å²) in [4.78, 5) is 0. The minimum Gasteiger partial charge on any atom is -0.368 e. The summed E-state index contributed by atoms with van der Waals surface area (Å²) in [5, 5.41) is 18.4. The van der Waals surface area contributed by atoms with Crippen molar-refractivity contribution in [2.75, 3.05) is 0 Å². The molecule has 1 rings (SSSR count). The highest BCUT2D eigenvalue weighted by Crippen LogP contribution is 1.94. The van der Waals surface area contributed by atoms with Crippen LogP contribution in [0.4, 0.5) is 0 Å². The van der Waals surface area contributed by atoms with Gasteiger partial charge in [0.25, 0.3) is 0 Å². The summed E-state index contributed by atoms with van der Waals surface area (Å²) in [6.07, 6.45) is 0.791. The van der Waals surface area contributed by atoms with Crippen LogP contribution in [-0.2, 0) is 11.3 Å². The second-order valence-corrected chi connectivity index (χ2v) is 1.87. The molecule has 0 fully saturated rings. The minimum atomic E-state index is -0.753. The standard InChI is InChI=1S/C5H9N3O2/c1-4(9)10-3-5-2-6-8-7-5/h2,4,9H,3H2,1H3,(H,6,7,8). The number of rotatable bonds is 3. The lowest BCUT2D eigenvalue weighted by atomic mass is 10.5. The Morgan fingerprint density at radius 1 is 1.90 bits per heavy atom. The highest BCUT2D eigenvalue weighted by atomic mass is 16.6. The molecule has 56 valence electrons. The van der Waals surface area contributed by atoms with Gasteiger partial charge in [-0.05, 0) is 6.92 Å². The molecule has 0 spiro atoms. The van der Waals surface area contributed by atoms with Gasteiger partial charge in [-0.25, -0.2) is 0 Å². The third-order valence-corrected chi connectivity index (χ3v) is 0.937. The molecule has 0 aromatic carbocycles. The summed E-state index contributed by atoms with van der Waals surface area (Å²) >= 11 is 0. The monoisotopic (exact) mass is 143 g/mol. The number of aliphatic hydroxyl groups excluding tert-OH is 1. The maximum Gasteiger partial charge on any atom is 0.152 e. The molecular weight excluding hydrogens is 134 g/mol. The topological polar surface area (TPSA) is 71.0 Å². The van der Waals surface area contributed by atoms with Crippen molar-refractivity contribution >= 4 is 0 Å². The SMILES string of the molecule is CC(O)OCc1cn[nH]n1. The van der Waals surface area contributed by atoms with E-state index in [1.807, 2.05) is 0 Å². The molecule has 0 bridgehead atoms. The van der Waals surface area contributed by atoms with E-state index in [-0.39, 0.29) is 6.61 Å². The third kappa shape index (κ3) is 2.12. The lowest BCUT2D eigenvalue weighted by Crippen LogP contribution is -2.05. The molecule has 0 aliphatic heterocycles. The van der Waals surface area contributed by atoms with Crippen LogP contribution in [0.15, 0.2) is 6.20 Å². The Kier molecular flexibility index (Phi) is 2.35. The van der Waals surface area contributed by atoms with E-state index in [1.54, 1.807) is 13.1 Å². The van der Waals surface area contributed by atoms with Gasteiger partial charge in [0.15, 0.2) is 6.29 Å². The quantitative estimate of drug-likeness (QED) is 0.568. The zero-order chi connectivity index (χ0) is 7.40. The Morgan fingerprint density at radius 3 is 3.20 bits per heavy atom. The van der Waals surface area contributed by atoms with E-state index in [1.165, 1.54) is 0 Å². The predicted molar refractivity (Wildman–Crippen MR) is 32.9 cm³/mol. The van der Waals surface area contributed by atoms with E-state index in [4.69, 9.17) is 9.84 Å². The van der Waals surface area contributed by atoms with Crippen molar-refractivity contribution in [1.29, 1.82) is 0 Å². The minimum absolute atomic E-state index is 0.286. The Morgan fingerprint density at radius 2 is 2.70 bits per heavy atom. The van der Waals surface area contributed by atoms with Crippen molar-refractivity contribution in [3.8, 4) is 0 Å². The average Bonchev–Trinajstić information content (AvgIpc) is 2.34. The van der Waals surface area contributed by atoms with Gasteiger partial charge in [-0.2, -0.15) is 15.4 Å². The van der Waals surface area contributed by atoms with Crippen molar-refractivity contribution in [3.05, 3.63) is 11.9 Å². The molecule has 0 aliphatic rings. The lowest BCUT2D eigenvalue weighted by molar-refractivity contribution is -0.0948. The zero-order valence-electron chi connectivity index (χ0n) is 5.61. The van der Waals surface area contributed by atoms with Crippen LogP contribution in [0.3, 0.4) is 0 Å². The molecule has 1 heterocycles. The Hall–Kier alpha value is -0.940. The van der Waals surface area contributed by atoms with Crippen molar-refractivity contribution in [2.45, 2.75) is 19.8 Å². The van der Waals surface area contributed by atoms with Crippen LogP contribution < -0.4 is 0 Å². The van der Waals surface area contributed by atoms with Gasteiger partial charge >= 0.3 is 0 Å². The number of nitrogens with one attached hydrogen (secondary N) is 1. The van der Waals surface area contributed by atoms with E-state index in [0.717, 1.165) is 0 Å². The first-order valence-electron chi connectivity index (χ1n) is 2.93. The Bertz CT molecular complexity index is 173. The molecular formula is C5H9N3O2. The van der Waals surface area contributed by atoms with Gasteiger partial charge in [0.05, 0.1) is 12.8 Å². The molecule has 1 atom stereocenters. The molecule has 0 amide bonds. The predicted octanol–water partition coefficient (Wildman–Crippen LogP) is -0.340. The summed E-state index contributed by atoms with van der Waals surface area (Å²) in [7, 11) is 0. The fourth-order valence-corrected chi connectivity index (χ4v) is 0.501. The summed E-state index contributed by atoms with van der Waals surface area (Å²) in [5.41, 5.74) is 0.681. The van der Waals surface area contributed by atoms with E-state index in [2.05, 4.69) is 15.4 Å². The van der Waals surface area contributed by atoms with Crippen LogP contribution in [0, 0.1) is 0 Å². The molecule has 10 heavy (non-hydrogen) atoms. The lowest BCUT2D eigenvalue weighted by Gasteiger charge is -2.02. The normalized spacial score (nSPS) is 13.4. The van der Waals surface area contributed by atoms with E-state index in [9.17, 15) is 0 Å². The number of aliphatic hydroxyl groups is 1. The summed E-state index contributed by atoms with van der Waals surface area (Å²) in [5.74, 6) is 0. The number of hydrogen-bond acceptors (Lipinski definition) is 4. The van der Waals surface area contributed by atoms with Crippen molar-refractivity contribution in [1.82, 2.24) is 15.4 Å². The van der Waals surface area contributed by atoms with E-state index >= 15 is 0 Å². The van der Waals surface area contributed by atoms with Crippen molar-refractivity contribution in [3.63, 3.8) is 0 Å². The van der Waals surface area contributed by atoms with Gasteiger partial charge in [0.1, 0.15) is 5.69 Å². The van der Waals surface area contributed by atoms with Crippen molar-refractivity contribution < 1.29 is 9.84 Å². The molecule has 0 aliphatic carbocycles. The van der Waals surface area contributed by atoms with Crippen molar-refractivity contribution in [2.24, 2.45) is 0 Å². The maximum atomic E-state index is 8.67. The number of aromatic amines is 1. The van der Waals surface area contributed by atoms with Crippen LogP contribution >= 0.6 is 0 Å². The van der Waals surface area contributed by atoms with Gasteiger partial charge in [0.2, 0.25) is 0 Å². The number of nitrogens with zero attached hydrogens (tertiary/aromatic N) is 2. The number of ether oxygens (including phenoxy) is 1. The maximum absolute atomic E-state index is 8.67. The number of aromatic nitrogens is 3. The fraction of sp³-hybridized carbons (Fsp3) is 0.600. The van der Waals surface area contributed by atoms with Gasteiger partial charge in [0, 0.05) is 0 Å². The number of hydrogen-bond donors (Lipinski definition) is 2. The van der Waals surface area contributed by atoms with Crippen LogP contribution in [-0.4, -0.2) is 26.8 Å². The second-order valence-electron chi connectivity index (χ2n) is 1.87. The Balaban J connectivity index is 2.28. The largest absolute Gasteiger partial charge is 0.368 e. The molecule has 5 heteroatoms. The molecule has 0 saturated carbocycles. The average molecular weight is 143 g/mol. The van der Waals surface area contributed by atoms with E-state index < -0.39 is 6.29 Å². The van der Waals surface area contributed by atoms with Crippen LogP contribution in [0.25, 0.3) is 0 Å². The summed E-state index contributed by atoms with van der Waals surface area (Å²) in [6.45, 7) is 1.83. The first-order valence-corrected chi connectivity index (χ1v) is 2.93. The van der Waals surface area contributed by atoms with Gasteiger partial charge in [-0.15, -0.1) is 0 Å². The molecule has 0 radical (unpaired) electrons.